The molecule has 1 aliphatic rings. The highest BCUT2D eigenvalue weighted by molar-refractivity contribution is 7.15. The molecule has 1 aromatic carbocycles. The van der Waals surface area contributed by atoms with Gasteiger partial charge in [-0.25, -0.2) is 9.37 Å². The average Bonchev–Trinajstić information content (AvgIpc) is 3.28. The number of hydrogen-bond acceptors (Lipinski definition) is 3. The van der Waals surface area contributed by atoms with Crippen LogP contribution in [0.15, 0.2) is 35.9 Å². The lowest BCUT2D eigenvalue weighted by Gasteiger charge is -1.99. The fraction of sp³-hybridized carbons (Fsp3) is 0.333. The quantitative estimate of drug-likeness (QED) is 0.822. The Balaban J connectivity index is 1.66. The third-order valence-corrected chi connectivity index (χ3v) is 5.05. The molecule has 1 heterocycles. The zero-order valence-electron chi connectivity index (χ0n) is 13.2. The number of amides is 1. The van der Waals surface area contributed by atoms with Crippen molar-refractivity contribution in [1.82, 2.24) is 4.98 Å². The van der Waals surface area contributed by atoms with Crippen LogP contribution in [0.4, 0.5) is 9.52 Å². The predicted molar refractivity (Wildman–Crippen MR) is 91.2 cm³/mol. The molecule has 3 nitrogen and oxygen atoms in total. The Bertz CT molecular complexity index is 745. The molecule has 0 bridgehead atoms. The molecule has 3 rings (SSSR count). The molecule has 2 aromatic rings. The van der Waals surface area contributed by atoms with Gasteiger partial charge >= 0.3 is 0 Å². The number of allylic oxidation sites excluding steroid dienone is 1. The molecule has 23 heavy (non-hydrogen) atoms. The lowest BCUT2D eigenvalue weighted by atomic mass is 10.1. The second-order valence-corrected chi connectivity index (χ2v) is 7.07. The summed E-state index contributed by atoms with van der Waals surface area (Å²) in [5.41, 5.74) is 3.07. The van der Waals surface area contributed by atoms with Crippen molar-refractivity contribution in [2.75, 3.05) is 5.32 Å². The number of halogens is 1. The average molecular weight is 330 g/mol. The van der Waals surface area contributed by atoms with Gasteiger partial charge in [-0.3, -0.25) is 10.1 Å². The van der Waals surface area contributed by atoms with E-state index < -0.39 is 0 Å². The molecule has 0 saturated heterocycles. The van der Waals surface area contributed by atoms with E-state index in [-0.39, 0.29) is 11.7 Å². The maximum atomic E-state index is 13.0. The summed E-state index contributed by atoms with van der Waals surface area (Å²) in [6.07, 6.45) is 4.74. The summed E-state index contributed by atoms with van der Waals surface area (Å²) in [5.74, 6) is 0.241. The van der Waals surface area contributed by atoms with Gasteiger partial charge in [0.15, 0.2) is 5.13 Å². The van der Waals surface area contributed by atoms with Crippen LogP contribution in [0.25, 0.3) is 0 Å². The molecule has 0 radical (unpaired) electrons. The van der Waals surface area contributed by atoms with Crippen LogP contribution < -0.4 is 5.32 Å². The third kappa shape index (κ3) is 4.26. The van der Waals surface area contributed by atoms with Gasteiger partial charge in [0, 0.05) is 17.4 Å². The number of thiazole rings is 1. The monoisotopic (exact) mass is 330 g/mol. The van der Waals surface area contributed by atoms with E-state index in [1.165, 1.54) is 36.3 Å². The Labute approximate surface area is 139 Å². The molecule has 0 aliphatic heterocycles. The van der Waals surface area contributed by atoms with Gasteiger partial charge in [0.1, 0.15) is 5.82 Å². The van der Waals surface area contributed by atoms with Gasteiger partial charge < -0.3 is 0 Å². The van der Waals surface area contributed by atoms with Crippen molar-refractivity contribution in [3.8, 4) is 0 Å². The van der Waals surface area contributed by atoms with Crippen molar-refractivity contribution >= 4 is 22.4 Å². The zero-order chi connectivity index (χ0) is 16.4. The highest BCUT2D eigenvalue weighted by atomic mass is 32.1. The Morgan fingerprint density at radius 2 is 2.09 bits per heavy atom. The van der Waals surface area contributed by atoms with Crippen molar-refractivity contribution in [3.05, 3.63) is 57.9 Å². The topological polar surface area (TPSA) is 42.0 Å². The van der Waals surface area contributed by atoms with Gasteiger partial charge in [0.05, 0.1) is 5.69 Å². The zero-order valence-corrected chi connectivity index (χ0v) is 14.0. The first-order valence-electron chi connectivity index (χ1n) is 7.71. The number of aromatic nitrogens is 1. The smallest absolute Gasteiger partial charge is 0.250 e. The van der Waals surface area contributed by atoms with Gasteiger partial charge in [-0.2, -0.15) is 0 Å². The number of anilines is 1. The van der Waals surface area contributed by atoms with Crippen LogP contribution in [0.5, 0.6) is 0 Å². The summed E-state index contributed by atoms with van der Waals surface area (Å²) in [7, 11) is 0. The van der Waals surface area contributed by atoms with Crippen molar-refractivity contribution < 1.29 is 9.18 Å². The number of nitrogens with zero attached hydrogens (tertiary/aromatic N) is 1. The molecule has 1 N–H and O–H groups in total. The van der Waals surface area contributed by atoms with Crippen molar-refractivity contribution in [3.63, 3.8) is 0 Å². The minimum atomic E-state index is -0.236. The van der Waals surface area contributed by atoms with Gasteiger partial charge in [0.2, 0.25) is 5.91 Å². The molecule has 1 aromatic heterocycles. The highest BCUT2D eigenvalue weighted by Crippen LogP contribution is 2.36. The molecular weight excluding hydrogens is 311 g/mol. The van der Waals surface area contributed by atoms with E-state index in [1.54, 1.807) is 18.2 Å². The first-order chi connectivity index (χ1) is 11.0. The summed E-state index contributed by atoms with van der Waals surface area (Å²) in [5, 5.41) is 3.46. The molecular formula is C18H19FN2OS. The SMILES string of the molecule is C/C(=C/C(=O)Nc1nc(C)c(Cc2ccc(F)cc2)s1)C1CC1. The van der Waals surface area contributed by atoms with Gasteiger partial charge in [0.25, 0.3) is 0 Å². The highest BCUT2D eigenvalue weighted by Gasteiger charge is 2.23. The molecule has 0 unspecified atom stereocenters. The molecule has 1 saturated carbocycles. The standard InChI is InChI=1S/C18H19FN2OS/c1-11(14-5-6-14)9-17(22)21-18-20-12(2)16(23-18)10-13-3-7-15(19)8-4-13/h3-4,7-9,14H,5-6,10H2,1-2H3,(H,20,21,22)/b11-9-. The van der Waals surface area contributed by atoms with Crippen LogP contribution in [-0.4, -0.2) is 10.9 Å². The van der Waals surface area contributed by atoms with Gasteiger partial charge in [-0.15, -0.1) is 11.3 Å². The number of hydrogen-bond donors (Lipinski definition) is 1. The van der Waals surface area contributed by atoms with E-state index in [0.717, 1.165) is 21.7 Å². The Morgan fingerprint density at radius 3 is 2.74 bits per heavy atom. The first kappa shape index (κ1) is 15.9. The Morgan fingerprint density at radius 1 is 1.39 bits per heavy atom. The van der Waals surface area contributed by atoms with E-state index in [9.17, 15) is 9.18 Å². The Kier molecular flexibility index (Phi) is 4.57. The number of carbonyl (C=O) groups excluding carboxylic acids is 1. The van der Waals surface area contributed by atoms with E-state index in [2.05, 4.69) is 10.3 Å². The maximum Gasteiger partial charge on any atom is 0.250 e. The van der Waals surface area contributed by atoms with E-state index >= 15 is 0 Å². The number of benzene rings is 1. The lowest BCUT2D eigenvalue weighted by molar-refractivity contribution is -0.112. The summed E-state index contributed by atoms with van der Waals surface area (Å²) in [6.45, 7) is 3.93. The van der Waals surface area contributed by atoms with Gasteiger partial charge in [-0.05, 0) is 50.3 Å². The summed E-state index contributed by atoms with van der Waals surface area (Å²) in [4.78, 5) is 17.5. The summed E-state index contributed by atoms with van der Waals surface area (Å²) in [6, 6.07) is 6.46. The minimum Gasteiger partial charge on any atom is -0.298 e. The molecule has 0 atom stereocenters. The number of aryl methyl sites for hydroxylation is 1. The predicted octanol–water partition coefficient (Wildman–Crippen LogP) is 4.48. The second-order valence-electron chi connectivity index (χ2n) is 5.98. The van der Waals surface area contributed by atoms with Gasteiger partial charge in [-0.1, -0.05) is 17.7 Å². The fourth-order valence-electron chi connectivity index (χ4n) is 2.44. The second kappa shape index (κ2) is 6.62. The largest absolute Gasteiger partial charge is 0.298 e. The number of nitrogens with one attached hydrogen (secondary N) is 1. The van der Waals surface area contributed by atoms with E-state index in [4.69, 9.17) is 0 Å². The lowest BCUT2D eigenvalue weighted by Crippen LogP contribution is -2.08. The minimum absolute atomic E-state index is 0.114. The van der Waals surface area contributed by atoms with Crippen LogP contribution in [0.3, 0.4) is 0 Å². The Hall–Kier alpha value is -2.01. The van der Waals surface area contributed by atoms with Crippen LogP contribution in [0.2, 0.25) is 0 Å². The van der Waals surface area contributed by atoms with Crippen molar-refractivity contribution in [2.45, 2.75) is 33.1 Å². The van der Waals surface area contributed by atoms with Crippen LogP contribution in [0.1, 0.15) is 35.9 Å². The number of carbonyl (C=O) groups is 1. The number of rotatable bonds is 5. The normalized spacial score (nSPS) is 14.8. The van der Waals surface area contributed by atoms with Crippen LogP contribution >= 0.6 is 11.3 Å². The van der Waals surface area contributed by atoms with Crippen molar-refractivity contribution in [2.24, 2.45) is 5.92 Å². The molecule has 1 amide bonds. The molecule has 5 heteroatoms. The van der Waals surface area contributed by atoms with E-state index in [1.807, 2.05) is 13.8 Å². The molecule has 0 spiro atoms. The third-order valence-electron chi connectivity index (χ3n) is 3.98. The molecule has 1 fully saturated rings. The van der Waals surface area contributed by atoms with Crippen LogP contribution in [-0.2, 0) is 11.2 Å². The summed E-state index contributed by atoms with van der Waals surface area (Å²) < 4.78 is 13.0. The molecule has 120 valence electrons. The molecule has 1 aliphatic carbocycles. The van der Waals surface area contributed by atoms with E-state index in [0.29, 0.717) is 17.5 Å². The van der Waals surface area contributed by atoms with Crippen LogP contribution in [0, 0.1) is 18.7 Å². The first-order valence-corrected chi connectivity index (χ1v) is 8.53. The summed E-state index contributed by atoms with van der Waals surface area (Å²) >= 11 is 1.47. The van der Waals surface area contributed by atoms with Crippen molar-refractivity contribution in [1.29, 1.82) is 0 Å². The fourth-order valence-corrected chi connectivity index (χ4v) is 3.44. The maximum absolute atomic E-state index is 13.0.